The van der Waals surface area contributed by atoms with Crippen LogP contribution in [0.25, 0.3) is 17.2 Å². The van der Waals surface area contributed by atoms with Gasteiger partial charge in [0.1, 0.15) is 11.6 Å². The molecule has 1 saturated carbocycles. The van der Waals surface area contributed by atoms with Crippen molar-refractivity contribution in [2.45, 2.75) is 85.9 Å². The average molecular weight is 609 g/mol. The van der Waals surface area contributed by atoms with E-state index in [0.29, 0.717) is 6.42 Å². The molecule has 2 amide bonds. The molecule has 4 rings (SSSR count). The van der Waals surface area contributed by atoms with Gasteiger partial charge in [-0.2, -0.15) is 0 Å². The van der Waals surface area contributed by atoms with E-state index in [4.69, 9.17) is 4.74 Å². The maximum atomic E-state index is 14.1. The number of nitrogens with one attached hydrogen (secondary N) is 2. The molecule has 1 unspecified atom stereocenters. The Kier molecular flexibility index (Phi) is 10.1. The maximum Gasteiger partial charge on any atom is 0.307 e. The molecule has 0 aromatic heterocycles. The molecule has 4 atom stereocenters. The fourth-order valence-corrected chi connectivity index (χ4v) is 5.80. The highest BCUT2D eigenvalue weighted by atomic mass is 16.6. The molecule has 0 bridgehead atoms. The SMILES string of the molecule is Cc1cc(/C=C/[C@@H]2CC2(CC(=O)OC(C)(C)C)C(=O)N[C@H](C(=O)N[C@H](C)c2ccccc2)C(C)(C)C)ccc1-c1ccccc1. The smallest absolute Gasteiger partial charge is 0.307 e. The second-order valence-corrected chi connectivity index (χ2v) is 14.4. The van der Waals surface area contributed by atoms with Crippen molar-refractivity contribution >= 4 is 23.9 Å². The highest BCUT2D eigenvalue weighted by Crippen LogP contribution is 2.57. The summed E-state index contributed by atoms with van der Waals surface area (Å²) in [4.78, 5) is 40.7. The Morgan fingerprint density at radius 1 is 0.911 bits per heavy atom. The molecule has 0 saturated heterocycles. The molecule has 0 spiro atoms. The van der Waals surface area contributed by atoms with Crippen molar-refractivity contribution in [2.75, 3.05) is 0 Å². The molecule has 3 aromatic rings. The maximum absolute atomic E-state index is 14.1. The van der Waals surface area contributed by atoms with Crippen LogP contribution >= 0.6 is 0 Å². The fourth-order valence-electron chi connectivity index (χ4n) is 5.80. The van der Waals surface area contributed by atoms with Crippen molar-refractivity contribution in [3.8, 4) is 11.1 Å². The number of benzene rings is 3. The van der Waals surface area contributed by atoms with Crippen LogP contribution in [0.2, 0.25) is 0 Å². The van der Waals surface area contributed by atoms with Crippen LogP contribution in [0.5, 0.6) is 0 Å². The van der Waals surface area contributed by atoms with Gasteiger partial charge in [0.05, 0.1) is 17.9 Å². The number of rotatable bonds is 10. The van der Waals surface area contributed by atoms with Crippen molar-refractivity contribution in [1.82, 2.24) is 10.6 Å². The number of hydrogen-bond acceptors (Lipinski definition) is 4. The third kappa shape index (κ3) is 8.72. The quantitative estimate of drug-likeness (QED) is 0.230. The zero-order chi connectivity index (χ0) is 33.0. The summed E-state index contributed by atoms with van der Waals surface area (Å²) in [5.41, 5.74) is 3.25. The lowest BCUT2D eigenvalue weighted by atomic mass is 9.84. The molecular weight excluding hydrogens is 560 g/mol. The summed E-state index contributed by atoms with van der Waals surface area (Å²) in [6.45, 7) is 15.2. The molecule has 1 aliphatic rings. The number of hydrogen-bond donors (Lipinski definition) is 2. The number of ether oxygens (including phenoxy) is 1. The first-order valence-corrected chi connectivity index (χ1v) is 15.8. The first kappa shape index (κ1) is 33.7. The number of carbonyl (C=O) groups excluding carboxylic acids is 3. The van der Waals surface area contributed by atoms with Gasteiger partial charge in [0.2, 0.25) is 11.8 Å². The van der Waals surface area contributed by atoms with E-state index in [0.717, 1.165) is 22.3 Å². The second kappa shape index (κ2) is 13.4. The molecular formula is C39H48N2O4. The topological polar surface area (TPSA) is 84.5 Å². The Balaban J connectivity index is 1.55. The second-order valence-electron chi connectivity index (χ2n) is 14.4. The van der Waals surface area contributed by atoms with Crippen LogP contribution in [0.3, 0.4) is 0 Å². The van der Waals surface area contributed by atoms with Crippen LogP contribution in [0, 0.1) is 23.7 Å². The Morgan fingerprint density at radius 3 is 2.11 bits per heavy atom. The van der Waals surface area contributed by atoms with E-state index in [2.05, 4.69) is 47.9 Å². The van der Waals surface area contributed by atoms with Crippen molar-refractivity contribution < 1.29 is 19.1 Å². The molecule has 0 radical (unpaired) electrons. The first-order valence-electron chi connectivity index (χ1n) is 15.8. The third-order valence-corrected chi connectivity index (χ3v) is 8.38. The molecule has 6 nitrogen and oxygen atoms in total. The van der Waals surface area contributed by atoms with E-state index in [-0.39, 0.29) is 30.2 Å². The minimum Gasteiger partial charge on any atom is -0.460 e. The van der Waals surface area contributed by atoms with Gasteiger partial charge in [0.15, 0.2) is 0 Å². The standard InChI is InChI=1S/C39H48N2O4/c1-26-23-28(20-22-32(26)30-17-13-10-14-18-30)19-21-31-24-39(31,25-33(42)45-38(6,7)8)36(44)41-34(37(3,4)5)35(43)40-27(2)29-15-11-9-12-16-29/h9-23,27,31,34H,24-25H2,1-8H3,(H,40,43)(H,41,44)/b21-19+/t27-,31-,34-,39?/m1/s1. The summed E-state index contributed by atoms with van der Waals surface area (Å²) in [5, 5.41) is 6.13. The lowest BCUT2D eigenvalue weighted by molar-refractivity contribution is -0.158. The van der Waals surface area contributed by atoms with E-state index < -0.39 is 28.4 Å². The highest BCUT2D eigenvalue weighted by molar-refractivity contribution is 5.95. The summed E-state index contributed by atoms with van der Waals surface area (Å²) in [5.74, 6) is -1.17. The van der Waals surface area contributed by atoms with E-state index in [1.165, 1.54) is 5.56 Å². The normalized spacial score (nSPS) is 19.4. The van der Waals surface area contributed by atoms with Gasteiger partial charge in [-0.3, -0.25) is 14.4 Å². The molecule has 6 heteroatoms. The number of allylic oxidation sites excluding steroid dienone is 1. The van der Waals surface area contributed by atoms with Crippen LogP contribution in [0.4, 0.5) is 0 Å². The van der Waals surface area contributed by atoms with Crippen LogP contribution < -0.4 is 10.6 Å². The molecule has 1 aliphatic carbocycles. The van der Waals surface area contributed by atoms with Crippen molar-refractivity contribution in [1.29, 1.82) is 0 Å². The monoisotopic (exact) mass is 608 g/mol. The van der Waals surface area contributed by atoms with Crippen molar-refractivity contribution in [2.24, 2.45) is 16.7 Å². The number of amides is 2. The van der Waals surface area contributed by atoms with Crippen molar-refractivity contribution in [3.05, 3.63) is 102 Å². The van der Waals surface area contributed by atoms with Gasteiger partial charge >= 0.3 is 5.97 Å². The minimum absolute atomic E-state index is 0.0595. The first-order chi connectivity index (χ1) is 21.1. The van der Waals surface area contributed by atoms with Crippen LogP contribution in [-0.2, 0) is 19.1 Å². The van der Waals surface area contributed by atoms with Gasteiger partial charge < -0.3 is 15.4 Å². The van der Waals surface area contributed by atoms with E-state index in [9.17, 15) is 14.4 Å². The Hall–Kier alpha value is -4.19. The molecule has 45 heavy (non-hydrogen) atoms. The summed E-state index contributed by atoms with van der Waals surface area (Å²) in [6.07, 6.45) is 4.47. The van der Waals surface area contributed by atoms with Crippen LogP contribution in [0.1, 0.15) is 84.0 Å². The van der Waals surface area contributed by atoms with Gasteiger partial charge in [-0.15, -0.1) is 0 Å². The highest BCUT2D eigenvalue weighted by Gasteiger charge is 2.60. The zero-order valence-corrected chi connectivity index (χ0v) is 27.9. The van der Waals surface area contributed by atoms with Crippen LogP contribution in [0.15, 0.2) is 84.9 Å². The largest absolute Gasteiger partial charge is 0.460 e. The van der Waals surface area contributed by atoms with Gasteiger partial charge in [-0.25, -0.2) is 0 Å². The Morgan fingerprint density at radius 2 is 1.53 bits per heavy atom. The van der Waals surface area contributed by atoms with E-state index in [1.54, 1.807) is 0 Å². The summed E-state index contributed by atoms with van der Waals surface area (Å²) < 4.78 is 5.64. The zero-order valence-electron chi connectivity index (χ0n) is 27.9. The fraction of sp³-hybridized carbons (Fsp3) is 0.410. The third-order valence-electron chi connectivity index (χ3n) is 8.38. The summed E-state index contributed by atoms with van der Waals surface area (Å²) >= 11 is 0. The molecule has 1 fully saturated rings. The predicted octanol–water partition coefficient (Wildman–Crippen LogP) is 7.82. The van der Waals surface area contributed by atoms with Gasteiger partial charge in [-0.1, -0.05) is 112 Å². The molecule has 238 valence electrons. The Labute approximate surface area is 268 Å². The van der Waals surface area contributed by atoms with Crippen molar-refractivity contribution in [3.63, 3.8) is 0 Å². The minimum atomic E-state index is -0.993. The van der Waals surface area contributed by atoms with Gasteiger partial charge in [0, 0.05) is 0 Å². The van der Waals surface area contributed by atoms with Crippen LogP contribution in [-0.4, -0.2) is 29.4 Å². The van der Waals surface area contributed by atoms with E-state index >= 15 is 0 Å². The average Bonchev–Trinajstić information content (AvgIpc) is 3.67. The number of esters is 1. The lowest BCUT2D eigenvalue weighted by Gasteiger charge is -2.33. The van der Waals surface area contributed by atoms with Gasteiger partial charge in [0.25, 0.3) is 0 Å². The molecule has 2 N–H and O–H groups in total. The molecule has 3 aromatic carbocycles. The number of aryl methyl sites for hydroxylation is 1. The summed E-state index contributed by atoms with van der Waals surface area (Å²) in [6, 6.07) is 25.3. The van der Waals surface area contributed by atoms with Gasteiger partial charge in [-0.05, 0) is 80.2 Å². The molecule has 0 aliphatic heterocycles. The Bertz CT molecular complexity index is 1530. The predicted molar refractivity (Wildman–Crippen MR) is 181 cm³/mol. The number of carbonyl (C=O) groups is 3. The lowest BCUT2D eigenvalue weighted by Crippen LogP contribution is -2.55. The molecule has 0 heterocycles. The van der Waals surface area contributed by atoms with E-state index in [1.807, 2.05) is 109 Å². The summed E-state index contributed by atoms with van der Waals surface area (Å²) in [7, 11) is 0.